The summed E-state index contributed by atoms with van der Waals surface area (Å²) >= 11 is 0. The summed E-state index contributed by atoms with van der Waals surface area (Å²) < 4.78 is 29.4. The van der Waals surface area contributed by atoms with Crippen molar-refractivity contribution in [2.45, 2.75) is 37.6 Å². The second kappa shape index (κ2) is 7.85. The molecule has 1 aromatic heterocycles. The fourth-order valence-corrected chi connectivity index (χ4v) is 3.68. The van der Waals surface area contributed by atoms with Gasteiger partial charge in [0.1, 0.15) is 0 Å². The number of nitrogens with zero attached hydrogens (tertiary/aromatic N) is 2. The van der Waals surface area contributed by atoms with Crippen LogP contribution in [-0.2, 0) is 16.6 Å². The van der Waals surface area contributed by atoms with E-state index in [9.17, 15) is 8.42 Å². The highest BCUT2D eigenvalue weighted by Crippen LogP contribution is 2.20. The number of sulfonamides is 1. The van der Waals surface area contributed by atoms with Gasteiger partial charge in [-0.3, -0.25) is 0 Å². The van der Waals surface area contributed by atoms with Gasteiger partial charge in [0.05, 0.1) is 10.6 Å². The van der Waals surface area contributed by atoms with Crippen LogP contribution in [-0.4, -0.2) is 18.2 Å². The zero-order chi connectivity index (χ0) is 18.6. The lowest BCUT2D eigenvalue weighted by molar-refractivity contribution is 0.581. The molecule has 136 valence electrons. The molecule has 26 heavy (non-hydrogen) atoms. The highest BCUT2D eigenvalue weighted by Gasteiger charge is 2.14. The molecule has 0 fully saturated rings. The third-order valence-electron chi connectivity index (χ3n) is 4.54. The van der Waals surface area contributed by atoms with Crippen molar-refractivity contribution in [1.29, 1.82) is 0 Å². The summed E-state index contributed by atoms with van der Waals surface area (Å²) in [5, 5.41) is 4.17. The maximum Gasteiger partial charge on any atom is 0.240 e. The Kier molecular flexibility index (Phi) is 5.54. The van der Waals surface area contributed by atoms with Gasteiger partial charge in [0.25, 0.3) is 0 Å². The van der Waals surface area contributed by atoms with Crippen molar-refractivity contribution < 1.29 is 8.42 Å². The summed E-state index contributed by atoms with van der Waals surface area (Å²) in [6, 6.07) is 16.6. The minimum absolute atomic E-state index is 0.245. The Hall–Kier alpha value is -2.44. The SMILES string of the molecule is CCC(C)c1ccc(S(=O)(=O)NCc2ccc(-n3cccn3)cc2)cc1. The molecule has 0 aliphatic heterocycles. The van der Waals surface area contributed by atoms with Gasteiger partial charge in [0.2, 0.25) is 10.0 Å². The molecular formula is C20H23N3O2S. The van der Waals surface area contributed by atoms with Crippen LogP contribution in [0.5, 0.6) is 0 Å². The predicted molar refractivity (Wildman–Crippen MR) is 103 cm³/mol. The maximum absolute atomic E-state index is 12.5. The van der Waals surface area contributed by atoms with E-state index < -0.39 is 10.0 Å². The molecule has 0 aliphatic carbocycles. The molecule has 3 aromatic rings. The summed E-state index contributed by atoms with van der Waals surface area (Å²) in [6.07, 6.45) is 4.61. The summed E-state index contributed by atoms with van der Waals surface area (Å²) in [5.41, 5.74) is 2.98. The molecule has 0 amide bonds. The van der Waals surface area contributed by atoms with Gasteiger partial charge < -0.3 is 0 Å². The minimum Gasteiger partial charge on any atom is -0.241 e. The Bertz CT molecular complexity index is 932. The number of hydrogen-bond acceptors (Lipinski definition) is 3. The monoisotopic (exact) mass is 369 g/mol. The lowest BCUT2D eigenvalue weighted by Crippen LogP contribution is -2.23. The van der Waals surface area contributed by atoms with Gasteiger partial charge in [-0.2, -0.15) is 5.10 Å². The van der Waals surface area contributed by atoms with Crippen LogP contribution in [0, 0.1) is 0 Å². The summed E-state index contributed by atoms with van der Waals surface area (Å²) in [7, 11) is -3.53. The molecule has 0 saturated carbocycles. The van der Waals surface area contributed by atoms with Gasteiger partial charge in [0.15, 0.2) is 0 Å². The second-order valence-electron chi connectivity index (χ2n) is 6.32. The average Bonchev–Trinajstić information content (AvgIpc) is 3.21. The predicted octanol–water partition coefficient (Wildman–Crippen LogP) is 3.86. The first-order chi connectivity index (χ1) is 12.5. The highest BCUT2D eigenvalue weighted by molar-refractivity contribution is 7.89. The maximum atomic E-state index is 12.5. The van der Waals surface area contributed by atoms with E-state index in [1.165, 1.54) is 0 Å². The van der Waals surface area contributed by atoms with E-state index in [1.54, 1.807) is 23.0 Å². The van der Waals surface area contributed by atoms with E-state index in [4.69, 9.17) is 0 Å². The van der Waals surface area contributed by atoms with Crippen LogP contribution in [0.4, 0.5) is 0 Å². The lowest BCUT2D eigenvalue weighted by atomic mass is 9.99. The number of nitrogens with one attached hydrogen (secondary N) is 1. The van der Waals surface area contributed by atoms with Crippen molar-refractivity contribution >= 4 is 10.0 Å². The topological polar surface area (TPSA) is 64.0 Å². The fourth-order valence-electron chi connectivity index (χ4n) is 2.66. The van der Waals surface area contributed by atoms with Crippen molar-refractivity contribution in [2.24, 2.45) is 0 Å². The number of rotatable bonds is 7. The minimum atomic E-state index is -3.53. The van der Waals surface area contributed by atoms with Crippen molar-refractivity contribution in [2.75, 3.05) is 0 Å². The van der Waals surface area contributed by atoms with Gasteiger partial charge >= 0.3 is 0 Å². The summed E-state index contributed by atoms with van der Waals surface area (Å²) in [6.45, 7) is 4.50. The molecule has 0 saturated heterocycles. The number of hydrogen-bond donors (Lipinski definition) is 1. The molecule has 0 bridgehead atoms. The largest absolute Gasteiger partial charge is 0.241 e. The first-order valence-electron chi connectivity index (χ1n) is 8.68. The van der Waals surface area contributed by atoms with Crippen molar-refractivity contribution in [3.05, 3.63) is 78.1 Å². The van der Waals surface area contributed by atoms with E-state index in [2.05, 4.69) is 23.7 Å². The number of benzene rings is 2. The zero-order valence-electron chi connectivity index (χ0n) is 15.0. The van der Waals surface area contributed by atoms with Gasteiger partial charge in [-0.05, 0) is 53.8 Å². The first kappa shape index (κ1) is 18.4. The molecule has 3 rings (SSSR count). The van der Waals surface area contributed by atoms with Crippen LogP contribution in [0.25, 0.3) is 5.69 Å². The van der Waals surface area contributed by atoms with E-state index in [1.807, 2.05) is 48.7 Å². The van der Waals surface area contributed by atoms with Gasteiger partial charge in [-0.15, -0.1) is 0 Å². The normalized spacial score (nSPS) is 12.8. The van der Waals surface area contributed by atoms with E-state index in [-0.39, 0.29) is 11.4 Å². The molecule has 1 N–H and O–H groups in total. The average molecular weight is 369 g/mol. The van der Waals surface area contributed by atoms with Crippen molar-refractivity contribution in [1.82, 2.24) is 14.5 Å². The van der Waals surface area contributed by atoms with E-state index in [0.717, 1.165) is 23.2 Å². The molecule has 1 unspecified atom stereocenters. The summed E-state index contributed by atoms with van der Waals surface area (Å²) in [5.74, 6) is 0.424. The molecule has 6 heteroatoms. The van der Waals surface area contributed by atoms with E-state index in [0.29, 0.717) is 5.92 Å². The Balaban J connectivity index is 1.66. The van der Waals surface area contributed by atoms with Crippen LogP contribution in [0.1, 0.15) is 37.3 Å². The third-order valence-corrected chi connectivity index (χ3v) is 5.96. The van der Waals surface area contributed by atoms with Crippen LogP contribution >= 0.6 is 0 Å². The van der Waals surface area contributed by atoms with Gasteiger partial charge in [-0.25, -0.2) is 17.8 Å². The first-order valence-corrected chi connectivity index (χ1v) is 10.2. The second-order valence-corrected chi connectivity index (χ2v) is 8.09. The Labute approximate surface area is 154 Å². The van der Waals surface area contributed by atoms with Gasteiger partial charge in [-0.1, -0.05) is 38.1 Å². The highest BCUT2D eigenvalue weighted by atomic mass is 32.2. The van der Waals surface area contributed by atoms with Crippen LogP contribution in [0.3, 0.4) is 0 Å². The van der Waals surface area contributed by atoms with E-state index >= 15 is 0 Å². The molecule has 0 radical (unpaired) electrons. The molecule has 1 atom stereocenters. The molecule has 0 aliphatic rings. The molecule has 0 spiro atoms. The fraction of sp³-hybridized carbons (Fsp3) is 0.250. The van der Waals surface area contributed by atoms with Gasteiger partial charge in [0, 0.05) is 18.9 Å². The summed E-state index contributed by atoms with van der Waals surface area (Å²) in [4.78, 5) is 0.290. The smallest absolute Gasteiger partial charge is 0.240 e. The molecule has 2 aromatic carbocycles. The third kappa shape index (κ3) is 4.20. The quantitative estimate of drug-likeness (QED) is 0.688. The Morgan fingerprint density at radius 1 is 1.08 bits per heavy atom. The Morgan fingerprint density at radius 3 is 2.35 bits per heavy atom. The standard InChI is InChI=1S/C20H23N3O2S/c1-3-16(2)18-7-11-20(12-8-18)26(24,25)22-15-17-5-9-19(10-6-17)23-14-4-13-21-23/h4-14,16,22H,3,15H2,1-2H3. The van der Waals surface area contributed by atoms with Crippen LogP contribution < -0.4 is 4.72 Å². The molecule has 5 nitrogen and oxygen atoms in total. The number of aromatic nitrogens is 2. The van der Waals surface area contributed by atoms with Crippen LogP contribution in [0.2, 0.25) is 0 Å². The van der Waals surface area contributed by atoms with Crippen molar-refractivity contribution in [3.8, 4) is 5.69 Å². The Morgan fingerprint density at radius 2 is 1.77 bits per heavy atom. The zero-order valence-corrected chi connectivity index (χ0v) is 15.8. The molecule has 1 heterocycles. The van der Waals surface area contributed by atoms with Crippen molar-refractivity contribution in [3.63, 3.8) is 0 Å². The molecular weight excluding hydrogens is 346 g/mol. The lowest BCUT2D eigenvalue weighted by Gasteiger charge is -2.11. The van der Waals surface area contributed by atoms with Crippen LogP contribution in [0.15, 0.2) is 71.9 Å².